The van der Waals surface area contributed by atoms with Gasteiger partial charge in [0.2, 0.25) is 0 Å². The van der Waals surface area contributed by atoms with Gasteiger partial charge in [-0.15, -0.1) is 0 Å². The van der Waals surface area contributed by atoms with Crippen LogP contribution in [0.25, 0.3) is 0 Å². The Bertz CT molecular complexity index is 864. The summed E-state index contributed by atoms with van der Waals surface area (Å²) >= 11 is 0. The summed E-state index contributed by atoms with van der Waals surface area (Å²) in [7, 11) is 3.22. The average molecular weight is 412 g/mol. The molecule has 0 unspecified atom stereocenters. The Labute approximate surface area is 179 Å². The Kier molecular flexibility index (Phi) is 7.61. The summed E-state index contributed by atoms with van der Waals surface area (Å²) in [5, 5.41) is 3.15. The largest absolute Gasteiger partial charge is 0.493 e. The Hall–Kier alpha value is -2.69. The van der Waals surface area contributed by atoms with Crippen LogP contribution in [-0.4, -0.2) is 26.2 Å². The van der Waals surface area contributed by atoms with Gasteiger partial charge in [-0.25, -0.2) is 0 Å². The smallest absolute Gasteiger partial charge is 0.261 e. The maximum Gasteiger partial charge on any atom is 0.261 e. The van der Waals surface area contributed by atoms with Crippen molar-refractivity contribution in [3.05, 3.63) is 53.1 Å². The summed E-state index contributed by atoms with van der Waals surface area (Å²) in [6.45, 7) is 4.02. The van der Waals surface area contributed by atoms with Crippen LogP contribution in [0.5, 0.6) is 17.2 Å². The summed E-state index contributed by atoms with van der Waals surface area (Å²) in [6.07, 6.45) is 5.53. The summed E-state index contributed by atoms with van der Waals surface area (Å²) in [5.74, 6) is 2.00. The number of methoxy groups -OCH3 is 2. The van der Waals surface area contributed by atoms with E-state index in [2.05, 4.69) is 17.4 Å². The van der Waals surface area contributed by atoms with Crippen molar-refractivity contribution < 1.29 is 19.0 Å². The van der Waals surface area contributed by atoms with Crippen molar-refractivity contribution in [1.82, 2.24) is 5.32 Å². The topological polar surface area (TPSA) is 56.8 Å². The minimum absolute atomic E-state index is 0.100. The van der Waals surface area contributed by atoms with E-state index in [0.29, 0.717) is 17.9 Å². The summed E-state index contributed by atoms with van der Waals surface area (Å²) < 4.78 is 16.8. The van der Waals surface area contributed by atoms with E-state index >= 15 is 0 Å². The molecule has 0 radical (unpaired) electrons. The molecular formula is C25H33NO4. The van der Waals surface area contributed by atoms with Gasteiger partial charge in [0.05, 0.1) is 20.3 Å². The van der Waals surface area contributed by atoms with E-state index in [4.69, 9.17) is 14.2 Å². The van der Waals surface area contributed by atoms with Crippen LogP contribution >= 0.6 is 0 Å². The molecule has 1 amide bonds. The van der Waals surface area contributed by atoms with E-state index in [-0.39, 0.29) is 11.9 Å². The number of carbonyl (C=O) groups is 1. The Balaban J connectivity index is 1.70. The third-order valence-corrected chi connectivity index (χ3v) is 5.80. The molecule has 0 saturated carbocycles. The van der Waals surface area contributed by atoms with Gasteiger partial charge in [-0.3, -0.25) is 4.79 Å². The van der Waals surface area contributed by atoms with Crippen LogP contribution in [0.3, 0.4) is 0 Å². The first kappa shape index (κ1) is 22.0. The zero-order valence-corrected chi connectivity index (χ0v) is 18.5. The van der Waals surface area contributed by atoms with Crippen molar-refractivity contribution in [3.63, 3.8) is 0 Å². The van der Waals surface area contributed by atoms with E-state index in [1.54, 1.807) is 14.2 Å². The number of ether oxygens (including phenoxy) is 3. The molecule has 162 valence electrons. The molecule has 0 fully saturated rings. The zero-order chi connectivity index (χ0) is 21.5. The number of aryl methyl sites for hydroxylation is 2. The number of nitrogens with one attached hydrogen (secondary N) is 1. The lowest BCUT2D eigenvalue weighted by atomic mass is 9.92. The molecule has 0 saturated heterocycles. The monoisotopic (exact) mass is 411 g/mol. The van der Waals surface area contributed by atoms with Gasteiger partial charge in [0, 0.05) is 0 Å². The maximum absolute atomic E-state index is 13.0. The first-order valence-corrected chi connectivity index (χ1v) is 10.9. The molecule has 30 heavy (non-hydrogen) atoms. The molecule has 1 aliphatic rings. The highest BCUT2D eigenvalue weighted by Crippen LogP contribution is 2.31. The van der Waals surface area contributed by atoms with E-state index in [1.165, 1.54) is 24.0 Å². The van der Waals surface area contributed by atoms with Gasteiger partial charge in [0.15, 0.2) is 17.6 Å². The molecular weight excluding hydrogens is 378 g/mol. The van der Waals surface area contributed by atoms with E-state index in [9.17, 15) is 4.79 Å². The summed E-state index contributed by atoms with van der Waals surface area (Å²) in [6, 6.07) is 11.9. The predicted molar refractivity (Wildman–Crippen MR) is 119 cm³/mol. The molecule has 0 aliphatic heterocycles. The molecule has 5 nitrogen and oxygen atoms in total. The lowest BCUT2D eigenvalue weighted by molar-refractivity contribution is -0.128. The van der Waals surface area contributed by atoms with E-state index < -0.39 is 6.10 Å². The van der Waals surface area contributed by atoms with Crippen LogP contribution in [0.15, 0.2) is 36.4 Å². The molecule has 2 aromatic carbocycles. The third-order valence-electron chi connectivity index (χ3n) is 5.80. The molecule has 0 heterocycles. The van der Waals surface area contributed by atoms with Crippen molar-refractivity contribution >= 4 is 5.91 Å². The predicted octanol–water partition coefficient (Wildman–Crippen LogP) is 5.01. The van der Waals surface area contributed by atoms with E-state index in [1.807, 2.05) is 38.1 Å². The van der Waals surface area contributed by atoms with E-state index in [0.717, 1.165) is 30.6 Å². The van der Waals surface area contributed by atoms with Gasteiger partial charge >= 0.3 is 0 Å². The zero-order valence-electron chi connectivity index (χ0n) is 18.5. The Morgan fingerprint density at radius 1 is 0.933 bits per heavy atom. The molecule has 1 N–H and O–H groups in total. The number of hydrogen-bond donors (Lipinski definition) is 1. The molecule has 0 bridgehead atoms. The van der Waals surface area contributed by atoms with Crippen molar-refractivity contribution in [1.29, 1.82) is 0 Å². The number of fused-ring (bicyclic) bond motifs is 1. The van der Waals surface area contributed by atoms with Crippen LogP contribution in [0.4, 0.5) is 0 Å². The number of benzene rings is 2. The molecule has 2 atom stereocenters. The highest BCUT2D eigenvalue weighted by atomic mass is 16.5. The Morgan fingerprint density at radius 2 is 1.67 bits per heavy atom. The standard InChI is InChI=1S/C25H33NO4/c1-5-21(19-12-14-23(28-3)24(16-19)29-4)26-25(27)22(6-2)30-20-13-11-17-9-7-8-10-18(17)15-20/h11-16,21-22H,5-10H2,1-4H3,(H,26,27)/t21-,22-/m0/s1. The lowest BCUT2D eigenvalue weighted by Gasteiger charge is -2.24. The second-order valence-electron chi connectivity index (χ2n) is 7.74. The highest BCUT2D eigenvalue weighted by molar-refractivity contribution is 5.81. The SMILES string of the molecule is CC[C@H](Oc1ccc2c(c1)CCCC2)C(=O)N[C@@H](CC)c1ccc(OC)c(OC)c1. The third kappa shape index (κ3) is 5.07. The number of carbonyl (C=O) groups excluding carboxylic acids is 1. The average Bonchev–Trinajstić information content (AvgIpc) is 2.80. The highest BCUT2D eigenvalue weighted by Gasteiger charge is 2.23. The molecule has 5 heteroatoms. The molecule has 0 aromatic heterocycles. The first-order valence-electron chi connectivity index (χ1n) is 10.9. The van der Waals surface area contributed by atoms with Crippen LogP contribution < -0.4 is 19.5 Å². The van der Waals surface area contributed by atoms with Gasteiger partial charge in [0.25, 0.3) is 5.91 Å². The quantitative estimate of drug-likeness (QED) is 0.630. The van der Waals surface area contributed by atoms with Gasteiger partial charge in [-0.1, -0.05) is 26.0 Å². The van der Waals surface area contributed by atoms with Crippen molar-refractivity contribution in [2.75, 3.05) is 14.2 Å². The minimum Gasteiger partial charge on any atom is -0.493 e. The fraction of sp³-hybridized carbons (Fsp3) is 0.480. The first-order chi connectivity index (χ1) is 14.6. The molecule has 3 rings (SSSR count). The fourth-order valence-electron chi connectivity index (χ4n) is 4.02. The molecule has 2 aromatic rings. The normalized spacial score (nSPS) is 14.9. The van der Waals surface area contributed by atoms with Crippen LogP contribution in [0.1, 0.15) is 62.3 Å². The van der Waals surface area contributed by atoms with Crippen LogP contribution in [-0.2, 0) is 17.6 Å². The fourth-order valence-corrected chi connectivity index (χ4v) is 4.02. The van der Waals surface area contributed by atoms with Gasteiger partial charge in [-0.2, -0.15) is 0 Å². The lowest BCUT2D eigenvalue weighted by Crippen LogP contribution is -2.40. The number of amides is 1. The van der Waals surface area contributed by atoms with Crippen LogP contribution in [0, 0.1) is 0 Å². The van der Waals surface area contributed by atoms with Crippen molar-refractivity contribution in [3.8, 4) is 17.2 Å². The Morgan fingerprint density at radius 3 is 2.33 bits per heavy atom. The summed E-state index contributed by atoms with van der Waals surface area (Å²) in [4.78, 5) is 13.0. The van der Waals surface area contributed by atoms with Crippen molar-refractivity contribution in [2.45, 2.75) is 64.5 Å². The maximum atomic E-state index is 13.0. The number of rotatable bonds is 9. The molecule has 0 spiro atoms. The second-order valence-corrected chi connectivity index (χ2v) is 7.74. The van der Waals surface area contributed by atoms with Crippen molar-refractivity contribution in [2.24, 2.45) is 0 Å². The molecule has 1 aliphatic carbocycles. The van der Waals surface area contributed by atoms with Gasteiger partial charge in [0.1, 0.15) is 5.75 Å². The van der Waals surface area contributed by atoms with Crippen LogP contribution in [0.2, 0.25) is 0 Å². The number of hydrogen-bond acceptors (Lipinski definition) is 4. The second kappa shape index (κ2) is 10.4. The summed E-state index contributed by atoms with van der Waals surface area (Å²) in [5.41, 5.74) is 3.74. The minimum atomic E-state index is -0.527. The van der Waals surface area contributed by atoms with Gasteiger partial charge in [-0.05, 0) is 79.5 Å². The van der Waals surface area contributed by atoms with Gasteiger partial charge < -0.3 is 19.5 Å².